The zero-order valence-corrected chi connectivity index (χ0v) is 13.7. The standard InChI is InChI=1S/C16H12ClN3O2S/c1-22-11-2-3-12-13(8-11)23-15(14(12)17)16(21)20-19-9-10-4-6-18-7-5-10/h2-9H,1H3,(H,20,21)/b19-9+. The Morgan fingerprint density at radius 3 is 2.87 bits per heavy atom. The Balaban J connectivity index is 1.81. The summed E-state index contributed by atoms with van der Waals surface area (Å²) in [4.78, 5) is 16.6. The van der Waals surface area contributed by atoms with Gasteiger partial charge in [0.05, 0.1) is 18.3 Å². The minimum absolute atomic E-state index is 0.347. The van der Waals surface area contributed by atoms with Crippen molar-refractivity contribution in [1.29, 1.82) is 0 Å². The summed E-state index contributed by atoms with van der Waals surface area (Å²) in [5.74, 6) is 0.374. The van der Waals surface area contributed by atoms with Gasteiger partial charge in [0.1, 0.15) is 10.6 Å². The van der Waals surface area contributed by atoms with Gasteiger partial charge in [-0.3, -0.25) is 9.78 Å². The molecular weight excluding hydrogens is 334 g/mol. The SMILES string of the molecule is COc1ccc2c(Cl)c(C(=O)N/N=C/c3ccncc3)sc2c1. The molecule has 0 atom stereocenters. The molecule has 0 saturated carbocycles. The highest BCUT2D eigenvalue weighted by molar-refractivity contribution is 7.21. The van der Waals surface area contributed by atoms with Crippen LogP contribution >= 0.6 is 22.9 Å². The number of benzene rings is 1. The Hall–Kier alpha value is -2.44. The van der Waals surface area contributed by atoms with Crippen molar-refractivity contribution in [2.24, 2.45) is 5.10 Å². The first-order valence-electron chi connectivity index (χ1n) is 6.68. The minimum Gasteiger partial charge on any atom is -0.497 e. The largest absolute Gasteiger partial charge is 0.497 e. The molecule has 1 amide bonds. The van der Waals surface area contributed by atoms with Crippen LogP contribution in [0.3, 0.4) is 0 Å². The molecule has 0 aliphatic heterocycles. The quantitative estimate of drug-likeness (QED) is 0.579. The van der Waals surface area contributed by atoms with E-state index in [1.165, 1.54) is 11.3 Å². The molecule has 2 heterocycles. The number of methoxy groups -OCH3 is 1. The summed E-state index contributed by atoms with van der Waals surface area (Å²) in [5.41, 5.74) is 3.32. The molecule has 5 nitrogen and oxygen atoms in total. The lowest BCUT2D eigenvalue weighted by molar-refractivity contribution is 0.0959. The summed E-state index contributed by atoms with van der Waals surface area (Å²) < 4.78 is 6.07. The van der Waals surface area contributed by atoms with Crippen molar-refractivity contribution in [3.63, 3.8) is 0 Å². The number of rotatable bonds is 4. The van der Waals surface area contributed by atoms with E-state index in [2.05, 4.69) is 15.5 Å². The van der Waals surface area contributed by atoms with E-state index < -0.39 is 0 Å². The number of halogens is 1. The van der Waals surface area contributed by atoms with Gasteiger partial charge in [-0.15, -0.1) is 11.3 Å². The molecule has 116 valence electrons. The van der Waals surface area contributed by atoms with Crippen LogP contribution in [0.15, 0.2) is 47.8 Å². The monoisotopic (exact) mass is 345 g/mol. The molecule has 3 rings (SSSR count). The van der Waals surface area contributed by atoms with Gasteiger partial charge in [-0.2, -0.15) is 5.10 Å². The first-order chi connectivity index (χ1) is 11.2. The zero-order valence-electron chi connectivity index (χ0n) is 12.1. The van der Waals surface area contributed by atoms with E-state index in [1.54, 1.807) is 37.9 Å². The van der Waals surface area contributed by atoms with Crippen molar-refractivity contribution in [3.05, 3.63) is 58.2 Å². The van der Waals surface area contributed by atoms with E-state index in [9.17, 15) is 4.79 Å². The summed E-state index contributed by atoms with van der Waals surface area (Å²) >= 11 is 7.59. The van der Waals surface area contributed by atoms with Gasteiger partial charge in [-0.05, 0) is 35.9 Å². The number of carbonyl (C=O) groups excluding carboxylic acids is 1. The van der Waals surface area contributed by atoms with Crippen molar-refractivity contribution >= 4 is 45.1 Å². The predicted octanol–water partition coefficient (Wildman–Crippen LogP) is 3.72. The maximum absolute atomic E-state index is 12.2. The van der Waals surface area contributed by atoms with Crippen LogP contribution in [-0.4, -0.2) is 24.2 Å². The molecule has 0 bridgehead atoms. The molecule has 2 aromatic heterocycles. The molecular formula is C16H12ClN3O2S. The summed E-state index contributed by atoms with van der Waals surface area (Å²) in [6, 6.07) is 9.07. The van der Waals surface area contributed by atoms with Crippen LogP contribution in [0, 0.1) is 0 Å². The van der Waals surface area contributed by atoms with Crippen molar-refractivity contribution < 1.29 is 9.53 Å². The highest BCUT2D eigenvalue weighted by Gasteiger charge is 2.17. The summed E-state index contributed by atoms with van der Waals surface area (Å²) in [6.45, 7) is 0. The zero-order chi connectivity index (χ0) is 16.2. The van der Waals surface area contributed by atoms with E-state index >= 15 is 0 Å². The van der Waals surface area contributed by atoms with Gasteiger partial charge in [-0.1, -0.05) is 11.6 Å². The van der Waals surface area contributed by atoms with Gasteiger partial charge in [0, 0.05) is 22.5 Å². The summed E-state index contributed by atoms with van der Waals surface area (Å²) in [6.07, 6.45) is 4.85. The smallest absolute Gasteiger partial charge is 0.283 e. The second-order valence-corrected chi connectivity index (χ2v) is 6.02. The Kier molecular flexibility index (Phi) is 4.55. The van der Waals surface area contributed by atoms with E-state index in [0.717, 1.165) is 21.4 Å². The fraction of sp³-hybridized carbons (Fsp3) is 0.0625. The molecule has 3 aromatic rings. The molecule has 23 heavy (non-hydrogen) atoms. The van der Waals surface area contributed by atoms with Crippen LogP contribution in [0.2, 0.25) is 5.02 Å². The summed E-state index contributed by atoms with van der Waals surface area (Å²) in [7, 11) is 1.60. The number of carbonyl (C=O) groups is 1. The number of aromatic nitrogens is 1. The average molecular weight is 346 g/mol. The highest BCUT2D eigenvalue weighted by Crippen LogP contribution is 2.37. The normalized spacial score (nSPS) is 11.0. The third-order valence-electron chi connectivity index (χ3n) is 3.13. The first kappa shape index (κ1) is 15.5. The molecule has 0 unspecified atom stereocenters. The molecule has 0 saturated heterocycles. The molecule has 1 aromatic carbocycles. The molecule has 0 fully saturated rings. The van der Waals surface area contributed by atoms with Crippen LogP contribution in [0.1, 0.15) is 15.2 Å². The number of hydrogen-bond donors (Lipinski definition) is 1. The minimum atomic E-state index is -0.347. The van der Waals surface area contributed by atoms with Crippen molar-refractivity contribution in [3.8, 4) is 5.75 Å². The molecule has 7 heteroatoms. The van der Waals surface area contributed by atoms with Crippen molar-refractivity contribution in [2.45, 2.75) is 0 Å². The van der Waals surface area contributed by atoms with Gasteiger partial charge in [0.2, 0.25) is 0 Å². The van der Waals surface area contributed by atoms with Crippen LogP contribution in [0.5, 0.6) is 5.75 Å². The van der Waals surface area contributed by atoms with Gasteiger partial charge in [0.25, 0.3) is 5.91 Å². The van der Waals surface area contributed by atoms with E-state index in [4.69, 9.17) is 16.3 Å². The highest BCUT2D eigenvalue weighted by atomic mass is 35.5. The number of thiophene rings is 1. The Labute approximate surface area is 141 Å². The third kappa shape index (κ3) is 3.33. The topological polar surface area (TPSA) is 63.6 Å². The maximum Gasteiger partial charge on any atom is 0.283 e. The van der Waals surface area contributed by atoms with Crippen LogP contribution < -0.4 is 10.2 Å². The number of nitrogens with one attached hydrogen (secondary N) is 1. The molecule has 0 spiro atoms. The fourth-order valence-electron chi connectivity index (χ4n) is 1.98. The van der Waals surface area contributed by atoms with Crippen molar-refractivity contribution in [2.75, 3.05) is 7.11 Å². The lowest BCUT2D eigenvalue weighted by Gasteiger charge is -1.98. The van der Waals surface area contributed by atoms with E-state index in [0.29, 0.717) is 9.90 Å². The predicted molar refractivity (Wildman–Crippen MR) is 92.7 cm³/mol. The third-order valence-corrected chi connectivity index (χ3v) is 4.78. The Bertz CT molecular complexity index is 878. The van der Waals surface area contributed by atoms with Gasteiger partial charge < -0.3 is 4.74 Å². The molecule has 0 aliphatic carbocycles. The molecule has 1 N–H and O–H groups in total. The average Bonchev–Trinajstić information content (AvgIpc) is 2.92. The van der Waals surface area contributed by atoms with E-state index in [1.807, 2.05) is 18.2 Å². The second kappa shape index (κ2) is 6.76. The Morgan fingerprint density at radius 2 is 2.13 bits per heavy atom. The number of hydrazone groups is 1. The number of hydrogen-bond acceptors (Lipinski definition) is 5. The maximum atomic E-state index is 12.2. The Morgan fingerprint density at radius 1 is 1.35 bits per heavy atom. The number of ether oxygens (including phenoxy) is 1. The molecule has 0 aliphatic rings. The number of nitrogens with zero attached hydrogens (tertiary/aromatic N) is 2. The second-order valence-electron chi connectivity index (χ2n) is 4.59. The lowest BCUT2D eigenvalue weighted by Crippen LogP contribution is -2.16. The fourth-order valence-corrected chi connectivity index (χ4v) is 3.42. The number of pyridine rings is 1. The number of amides is 1. The van der Waals surface area contributed by atoms with Gasteiger partial charge in [-0.25, -0.2) is 5.43 Å². The van der Waals surface area contributed by atoms with Gasteiger partial charge >= 0.3 is 0 Å². The summed E-state index contributed by atoms with van der Waals surface area (Å²) in [5, 5.41) is 5.17. The lowest BCUT2D eigenvalue weighted by atomic mass is 10.2. The van der Waals surface area contributed by atoms with Crippen LogP contribution in [0.4, 0.5) is 0 Å². The van der Waals surface area contributed by atoms with E-state index in [-0.39, 0.29) is 5.91 Å². The van der Waals surface area contributed by atoms with Crippen LogP contribution in [-0.2, 0) is 0 Å². The van der Waals surface area contributed by atoms with Crippen molar-refractivity contribution in [1.82, 2.24) is 10.4 Å². The van der Waals surface area contributed by atoms with Crippen LogP contribution in [0.25, 0.3) is 10.1 Å². The first-order valence-corrected chi connectivity index (χ1v) is 7.88. The van der Waals surface area contributed by atoms with Gasteiger partial charge in [0.15, 0.2) is 0 Å². The number of fused-ring (bicyclic) bond motifs is 1. The molecule has 0 radical (unpaired) electrons.